The number of nitrogens with two attached hydrogens (primary N) is 1. The van der Waals surface area contributed by atoms with Gasteiger partial charge in [0.15, 0.2) is 11.7 Å². The molecule has 0 bridgehead atoms. The van der Waals surface area contributed by atoms with E-state index in [9.17, 15) is 14.4 Å². The average Bonchev–Trinajstić information content (AvgIpc) is 3.40. The van der Waals surface area contributed by atoms with Crippen molar-refractivity contribution in [2.24, 2.45) is 10.7 Å². The lowest BCUT2D eigenvalue weighted by molar-refractivity contribution is -0.121. The first-order valence-electron chi connectivity index (χ1n) is 12.8. The number of allylic oxidation sites excluding steroid dienone is 3. The van der Waals surface area contributed by atoms with Crippen LogP contribution in [-0.4, -0.2) is 60.2 Å². The number of ketones is 1. The van der Waals surface area contributed by atoms with Crippen molar-refractivity contribution in [1.82, 2.24) is 16.0 Å². The summed E-state index contributed by atoms with van der Waals surface area (Å²) in [6.07, 6.45) is 12.7. The quantitative estimate of drug-likeness (QED) is 0.153. The number of carbonyl (C=O) groups is 3. The number of nitrogens with one attached hydrogen (secondary N) is 3. The highest BCUT2D eigenvalue weighted by Gasteiger charge is 2.40. The fourth-order valence-corrected chi connectivity index (χ4v) is 5.36. The average molecular weight is 508 g/mol. The molecule has 1 saturated heterocycles. The number of unbranched alkanes of at least 4 members (excludes halogenated alkanes) is 4. The topological polar surface area (TPSA) is 126 Å². The number of aliphatic imine (C=N–C) groups is 1. The van der Waals surface area contributed by atoms with Crippen LogP contribution in [0.15, 0.2) is 29.3 Å². The molecule has 2 aliphatic heterocycles. The highest BCUT2D eigenvalue weighted by atomic mass is 32.2. The molecule has 8 nitrogen and oxygen atoms in total. The summed E-state index contributed by atoms with van der Waals surface area (Å²) in [5, 5.41) is 10.1. The summed E-state index contributed by atoms with van der Waals surface area (Å²) in [6.45, 7) is 7.78. The summed E-state index contributed by atoms with van der Waals surface area (Å²) in [5.74, 6) is 1.99. The molecule has 9 heteroatoms. The molecule has 0 aromatic rings. The normalized spacial score (nSPS) is 20.3. The SMILES string of the molecule is C=C(/C=C\CC)C(C)=O.CNC1=N[C@H]2[C@H](CS[C@H]2CCCCCC(=O)NCCCCCC(N)=O)N1. The zero-order valence-electron chi connectivity index (χ0n) is 21.7. The molecule has 0 unspecified atom stereocenters. The van der Waals surface area contributed by atoms with E-state index in [0.29, 0.717) is 42.3 Å². The zero-order valence-corrected chi connectivity index (χ0v) is 22.6. The minimum absolute atomic E-state index is 0.0414. The van der Waals surface area contributed by atoms with Crippen LogP contribution in [0, 0.1) is 0 Å². The molecule has 1 fully saturated rings. The van der Waals surface area contributed by atoms with Gasteiger partial charge in [-0.2, -0.15) is 11.8 Å². The lowest BCUT2D eigenvalue weighted by Crippen LogP contribution is -2.39. The number of fused-ring (bicyclic) bond motifs is 1. The molecule has 3 atom stereocenters. The van der Waals surface area contributed by atoms with Crippen LogP contribution in [-0.2, 0) is 14.4 Å². The van der Waals surface area contributed by atoms with Crippen LogP contribution < -0.4 is 21.7 Å². The van der Waals surface area contributed by atoms with Crippen molar-refractivity contribution in [3.8, 4) is 0 Å². The van der Waals surface area contributed by atoms with Crippen LogP contribution in [0.4, 0.5) is 0 Å². The van der Waals surface area contributed by atoms with Gasteiger partial charge in [0.25, 0.3) is 0 Å². The first-order valence-corrected chi connectivity index (χ1v) is 13.9. The Hall–Kier alpha value is -2.29. The van der Waals surface area contributed by atoms with E-state index in [1.54, 1.807) is 6.08 Å². The van der Waals surface area contributed by atoms with Crippen LogP contribution in [0.5, 0.6) is 0 Å². The fraction of sp³-hybridized carbons (Fsp3) is 0.692. The Labute approximate surface area is 215 Å². The van der Waals surface area contributed by atoms with Crippen LogP contribution >= 0.6 is 11.8 Å². The van der Waals surface area contributed by atoms with Crippen molar-refractivity contribution in [1.29, 1.82) is 0 Å². The van der Waals surface area contributed by atoms with E-state index in [0.717, 1.165) is 56.7 Å². The molecule has 2 amide bonds. The van der Waals surface area contributed by atoms with Crippen molar-refractivity contribution >= 4 is 35.3 Å². The van der Waals surface area contributed by atoms with E-state index in [4.69, 9.17) is 10.7 Å². The highest BCUT2D eigenvalue weighted by molar-refractivity contribution is 8.00. The first-order chi connectivity index (χ1) is 16.8. The Kier molecular flexibility index (Phi) is 15.8. The number of hydrogen-bond acceptors (Lipinski definition) is 7. The number of nitrogens with zero attached hydrogens (tertiary/aromatic N) is 1. The second-order valence-electron chi connectivity index (χ2n) is 8.96. The Morgan fingerprint density at radius 1 is 1.17 bits per heavy atom. The van der Waals surface area contributed by atoms with Crippen molar-refractivity contribution in [3.63, 3.8) is 0 Å². The molecule has 0 spiro atoms. The summed E-state index contributed by atoms with van der Waals surface area (Å²) >= 11 is 2.02. The minimum Gasteiger partial charge on any atom is -0.370 e. The monoisotopic (exact) mass is 507 g/mol. The van der Waals surface area contributed by atoms with Crippen LogP contribution in [0.3, 0.4) is 0 Å². The largest absolute Gasteiger partial charge is 0.370 e. The molecule has 2 aliphatic rings. The number of amides is 2. The molecule has 0 aromatic carbocycles. The van der Waals surface area contributed by atoms with Gasteiger partial charge in [-0.3, -0.25) is 14.4 Å². The third kappa shape index (κ3) is 13.4. The maximum atomic E-state index is 11.8. The second kappa shape index (κ2) is 18.0. The smallest absolute Gasteiger partial charge is 0.219 e. The summed E-state index contributed by atoms with van der Waals surface area (Å²) in [4.78, 5) is 37.6. The van der Waals surface area contributed by atoms with Crippen LogP contribution in [0.1, 0.15) is 78.1 Å². The van der Waals surface area contributed by atoms with Crippen molar-refractivity contribution in [2.75, 3.05) is 19.3 Å². The zero-order chi connectivity index (χ0) is 26.1. The Morgan fingerprint density at radius 3 is 2.54 bits per heavy atom. The summed E-state index contributed by atoms with van der Waals surface area (Å²) in [5.41, 5.74) is 5.67. The summed E-state index contributed by atoms with van der Waals surface area (Å²) in [7, 11) is 1.90. The van der Waals surface area contributed by atoms with Gasteiger partial charge in [0.05, 0.1) is 12.1 Å². The predicted molar refractivity (Wildman–Crippen MR) is 146 cm³/mol. The van der Waals surface area contributed by atoms with E-state index in [1.807, 2.05) is 31.8 Å². The van der Waals surface area contributed by atoms with Gasteiger partial charge in [-0.1, -0.05) is 44.9 Å². The van der Waals surface area contributed by atoms with E-state index < -0.39 is 0 Å². The Balaban J connectivity index is 0.000000579. The third-order valence-electron chi connectivity index (χ3n) is 5.94. The first kappa shape index (κ1) is 30.7. The third-order valence-corrected chi connectivity index (χ3v) is 7.44. The maximum absolute atomic E-state index is 11.8. The van der Waals surface area contributed by atoms with Gasteiger partial charge in [0.1, 0.15) is 0 Å². The maximum Gasteiger partial charge on any atom is 0.219 e. The van der Waals surface area contributed by atoms with E-state index in [2.05, 4.69) is 22.5 Å². The minimum atomic E-state index is -0.251. The Morgan fingerprint density at radius 2 is 1.89 bits per heavy atom. The number of carbonyl (C=O) groups excluding carboxylic acids is 3. The number of rotatable bonds is 15. The highest BCUT2D eigenvalue weighted by Crippen LogP contribution is 2.35. The summed E-state index contributed by atoms with van der Waals surface area (Å²) < 4.78 is 0. The van der Waals surface area contributed by atoms with Gasteiger partial charge >= 0.3 is 0 Å². The van der Waals surface area contributed by atoms with Gasteiger partial charge in [-0.25, -0.2) is 4.99 Å². The number of thioether (sulfide) groups is 1. The molecule has 198 valence electrons. The second-order valence-corrected chi connectivity index (χ2v) is 10.2. The molecular weight excluding hydrogens is 462 g/mol. The van der Waals surface area contributed by atoms with Gasteiger partial charge in [0, 0.05) is 43.0 Å². The number of guanidine groups is 1. The molecule has 0 radical (unpaired) electrons. The molecule has 2 rings (SSSR count). The lowest BCUT2D eigenvalue weighted by Gasteiger charge is -2.14. The standard InChI is InChI=1S/C18H33N5O2S.C8H12O/c1-20-18-22-13-12-26-14(17(13)23-18)8-4-2-6-10-16(25)21-11-7-3-5-9-15(19)24;1-4-5-6-7(2)8(3)9/h13-14,17H,2-12H2,1H3,(H2,19,24)(H,21,25)(H2,20,22,23);5-6H,2,4H2,1,3H3/b;6-5-/t13-,14-,17-;/m0./s1. The van der Waals surface area contributed by atoms with Gasteiger partial charge in [0.2, 0.25) is 11.8 Å². The van der Waals surface area contributed by atoms with Crippen molar-refractivity contribution in [3.05, 3.63) is 24.3 Å². The number of Topliss-reactive ketones (excluding diaryl/α,β-unsaturated/α-hetero) is 1. The number of primary amides is 1. The fourth-order valence-electron chi connectivity index (χ4n) is 3.84. The van der Waals surface area contributed by atoms with E-state index >= 15 is 0 Å². The van der Waals surface area contributed by atoms with Crippen LogP contribution in [0.25, 0.3) is 0 Å². The van der Waals surface area contributed by atoms with E-state index in [1.165, 1.54) is 13.3 Å². The van der Waals surface area contributed by atoms with Gasteiger partial charge in [-0.15, -0.1) is 0 Å². The van der Waals surface area contributed by atoms with Gasteiger partial charge < -0.3 is 21.7 Å². The summed E-state index contributed by atoms with van der Waals surface area (Å²) in [6, 6.07) is 0.890. The molecule has 0 aliphatic carbocycles. The predicted octanol–water partition coefficient (Wildman–Crippen LogP) is 3.23. The van der Waals surface area contributed by atoms with E-state index in [-0.39, 0.29) is 17.6 Å². The van der Waals surface area contributed by atoms with Gasteiger partial charge in [-0.05, 0) is 39.0 Å². The van der Waals surface area contributed by atoms with Crippen molar-refractivity contribution < 1.29 is 14.4 Å². The number of hydrogen-bond donors (Lipinski definition) is 4. The van der Waals surface area contributed by atoms with Crippen molar-refractivity contribution in [2.45, 2.75) is 95.4 Å². The molecule has 0 aromatic heterocycles. The molecule has 0 saturated carbocycles. The Bertz CT molecular complexity index is 753. The lowest BCUT2D eigenvalue weighted by atomic mass is 10.0. The van der Waals surface area contributed by atoms with Crippen LogP contribution in [0.2, 0.25) is 0 Å². The molecule has 5 N–H and O–H groups in total. The molecular formula is C26H45N5O3S. The molecule has 35 heavy (non-hydrogen) atoms. The molecule has 2 heterocycles.